The third-order valence-electron chi connectivity index (χ3n) is 4.02. The Kier molecular flexibility index (Phi) is 6.16. The summed E-state index contributed by atoms with van der Waals surface area (Å²) in [6.45, 7) is 3.94. The fraction of sp³-hybridized carbons (Fsp3) is 0.389. The summed E-state index contributed by atoms with van der Waals surface area (Å²) >= 11 is 6.22. The first-order valence-electron chi connectivity index (χ1n) is 8.49. The lowest BCUT2D eigenvalue weighted by molar-refractivity contribution is -0.132. The molecule has 3 rings (SSSR count). The molecule has 0 aromatic heterocycles. The van der Waals surface area contributed by atoms with Crippen LogP contribution in [0.2, 0.25) is 0 Å². The Labute approximate surface area is 161 Å². The predicted octanol–water partition coefficient (Wildman–Crippen LogP) is 2.58. The van der Waals surface area contributed by atoms with Gasteiger partial charge in [0.25, 0.3) is 11.8 Å². The summed E-state index contributed by atoms with van der Waals surface area (Å²) in [4.78, 5) is 26.3. The summed E-state index contributed by atoms with van der Waals surface area (Å²) in [5.41, 5.74) is 0.800. The Hall–Kier alpha value is -2.06. The molecule has 0 aliphatic carbocycles. The van der Waals surface area contributed by atoms with Crippen molar-refractivity contribution >= 4 is 46.2 Å². The molecule has 0 radical (unpaired) electrons. The molecule has 0 bridgehead atoms. The van der Waals surface area contributed by atoms with Crippen molar-refractivity contribution in [3.63, 3.8) is 0 Å². The Morgan fingerprint density at radius 2 is 2.08 bits per heavy atom. The van der Waals surface area contributed by atoms with Gasteiger partial charge in [-0.1, -0.05) is 30.0 Å². The van der Waals surface area contributed by atoms with E-state index in [-0.39, 0.29) is 18.4 Å². The maximum absolute atomic E-state index is 12.1. The molecule has 6 nitrogen and oxygen atoms in total. The number of hydrogen-bond donors (Lipinski definition) is 1. The molecule has 2 saturated heterocycles. The molecule has 1 aromatic carbocycles. The number of benzene rings is 1. The zero-order chi connectivity index (χ0) is 18.5. The van der Waals surface area contributed by atoms with Gasteiger partial charge in [-0.3, -0.25) is 9.59 Å². The van der Waals surface area contributed by atoms with E-state index in [2.05, 4.69) is 5.32 Å². The largest absolute Gasteiger partial charge is 0.490 e. The Balaban J connectivity index is 1.72. The molecule has 2 aliphatic heterocycles. The van der Waals surface area contributed by atoms with Crippen molar-refractivity contribution in [3.8, 4) is 11.5 Å². The molecule has 138 valence electrons. The topological polar surface area (TPSA) is 67.9 Å². The first-order valence-corrected chi connectivity index (χ1v) is 9.71. The van der Waals surface area contributed by atoms with E-state index >= 15 is 0 Å². The van der Waals surface area contributed by atoms with Gasteiger partial charge in [0, 0.05) is 13.1 Å². The average molecular weight is 393 g/mol. The molecular formula is C18H20N2O4S2. The number of nitrogens with zero attached hydrogens (tertiary/aromatic N) is 1. The van der Waals surface area contributed by atoms with E-state index in [0.29, 0.717) is 27.3 Å². The van der Waals surface area contributed by atoms with Gasteiger partial charge in [0.05, 0.1) is 11.5 Å². The van der Waals surface area contributed by atoms with E-state index in [9.17, 15) is 9.59 Å². The van der Waals surface area contributed by atoms with Crippen LogP contribution in [0.15, 0.2) is 23.1 Å². The van der Waals surface area contributed by atoms with Crippen LogP contribution >= 0.6 is 24.0 Å². The zero-order valence-electron chi connectivity index (χ0n) is 14.4. The highest BCUT2D eigenvalue weighted by atomic mass is 32.2. The summed E-state index contributed by atoms with van der Waals surface area (Å²) < 4.78 is 11.8. The third-order valence-corrected chi connectivity index (χ3v) is 5.18. The van der Waals surface area contributed by atoms with E-state index in [1.54, 1.807) is 18.2 Å². The number of likely N-dealkylation sites (tertiary alicyclic amines) is 1. The summed E-state index contributed by atoms with van der Waals surface area (Å²) in [6.07, 6.45) is 3.85. The van der Waals surface area contributed by atoms with Crippen molar-refractivity contribution < 1.29 is 19.1 Å². The number of thioether (sulfide) groups is 1. The second-order valence-electron chi connectivity index (χ2n) is 5.87. The Bertz CT molecular complexity index is 758. The van der Waals surface area contributed by atoms with Crippen LogP contribution in [0.5, 0.6) is 11.5 Å². The third kappa shape index (κ3) is 4.56. The Morgan fingerprint density at radius 3 is 2.73 bits per heavy atom. The molecule has 8 heteroatoms. The minimum atomic E-state index is -0.200. The van der Waals surface area contributed by atoms with Crippen molar-refractivity contribution in [2.45, 2.75) is 19.8 Å². The highest BCUT2D eigenvalue weighted by Crippen LogP contribution is 2.32. The van der Waals surface area contributed by atoms with Gasteiger partial charge in [0.15, 0.2) is 18.1 Å². The number of amides is 2. The van der Waals surface area contributed by atoms with Crippen molar-refractivity contribution in [1.82, 2.24) is 10.2 Å². The van der Waals surface area contributed by atoms with Gasteiger partial charge in [-0.05, 0) is 43.5 Å². The monoisotopic (exact) mass is 392 g/mol. The van der Waals surface area contributed by atoms with Crippen LogP contribution in [-0.2, 0) is 9.59 Å². The van der Waals surface area contributed by atoms with Crippen LogP contribution < -0.4 is 14.8 Å². The molecule has 0 unspecified atom stereocenters. The molecule has 26 heavy (non-hydrogen) atoms. The average Bonchev–Trinajstić information content (AvgIpc) is 3.24. The number of hydrogen-bond acceptors (Lipinski definition) is 6. The van der Waals surface area contributed by atoms with E-state index in [4.69, 9.17) is 21.7 Å². The molecule has 0 saturated carbocycles. The summed E-state index contributed by atoms with van der Waals surface area (Å²) in [6, 6.07) is 5.37. The SMILES string of the molecule is CCOc1cc(/C=C2/SC(=S)NC2=O)ccc1OCC(=O)N1CCCC1. The van der Waals surface area contributed by atoms with Crippen LogP contribution in [0.1, 0.15) is 25.3 Å². The summed E-state index contributed by atoms with van der Waals surface area (Å²) in [5, 5.41) is 2.59. The lowest BCUT2D eigenvalue weighted by Crippen LogP contribution is -2.32. The quantitative estimate of drug-likeness (QED) is 0.593. The smallest absolute Gasteiger partial charge is 0.263 e. The first-order chi connectivity index (χ1) is 12.6. The lowest BCUT2D eigenvalue weighted by atomic mass is 10.2. The van der Waals surface area contributed by atoms with Gasteiger partial charge in [-0.2, -0.15) is 0 Å². The summed E-state index contributed by atoms with van der Waals surface area (Å²) in [5.74, 6) is 0.848. The number of carbonyl (C=O) groups is 2. The molecule has 1 aromatic rings. The van der Waals surface area contributed by atoms with Crippen molar-refractivity contribution in [1.29, 1.82) is 0 Å². The number of ether oxygens (including phenoxy) is 2. The van der Waals surface area contributed by atoms with Gasteiger partial charge in [0.1, 0.15) is 4.32 Å². The number of nitrogens with one attached hydrogen (secondary N) is 1. The van der Waals surface area contributed by atoms with Gasteiger partial charge in [-0.15, -0.1) is 0 Å². The van der Waals surface area contributed by atoms with Gasteiger partial charge in [-0.25, -0.2) is 0 Å². The maximum Gasteiger partial charge on any atom is 0.263 e. The second kappa shape index (κ2) is 8.55. The molecular weight excluding hydrogens is 372 g/mol. The lowest BCUT2D eigenvalue weighted by Gasteiger charge is -2.17. The normalized spacial score (nSPS) is 18.3. The van der Waals surface area contributed by atoms with E-state index < -0.39 is 0 Å². The van der Waals surface area contributed by atoms with E-state index in [0.717, 1.165) is 31.5 Å². The predicted molar refractivity (Wildman–Crippen MR) is 105 cm³/mol. The molecule has 2 fully saturated rings. The molecule has 0 spiro atoms. The van der Waals surface area contributed by atoms with E-state index in [1.807, 2.05) is 17.9 Å². The van der Waals surface area contributed by atoms with Gasteiger partial charge in [0.2, 0.25) is 0 Å². The minimum Gasteiger partial charge on any atom is -0.490 e. The highest BCUT2D eigenvalue weighted by molar-refractivity contribution is 8.26. The van der Waals surface area contributed by atoms with Gasteiger partial charge < -0.3 is 19.7 Å². The van der Waals surface area contributed by atoms with Gasteiger partial charge >= 0.3 is 0 Å². The van der Waals surface area contributed by atoms with Crippen LogP contribution in [0.4, 0.5) is 0 Å². The molecule has 2 heterocycles. The number of carbonyl (C=O) groups excluding carboxylic acids is 2. The molecule has 2 aliphatic rings. The fourth-order valence-electron chi connectivity index (χ4n) is 2.77. The first kappa shape index (κ1) is 18.7. The van der Waals surface area contributed by atoms with Crippen LogP contribution in [-0.4, -0.2) is 47.3 Å². The molecule has 2 amide bonds. The zero-order valence-corrected chi connectivity index (χ0v) is 16.1. The Morgan fingerprint density at radius 1 is 1.31 bits per heavy atom. The number of thiocarbonyl (C=S) groups is 1. The van der Waals surface area contributed by atoms with Crippen LogP contribution in [0.3, 0.4) is 0 Å². The van der Waals surface area contributed by atoms with E-state index in [1.165, 1.54) is 11.8 Å². The second-order valence-corrected chi connectivity index (χ2v) is 7.59. The number of rotatable bonds is 6. The van der Waals surface area contributed by atoms with Crippen LogP contribution in [0, 0.1) is 0 Å². The standard InChI is InChI=1S/C18H20N2O4S2/c1-2-23-14-9-12(10-15-17(22)19-18(25)26-15)5-6-13(14)24-11-16(21)20-7-3-4-8-20/h5-6,9-10H,2-4,7-8,11H2,1H3,(H,19,22,25)/b15-10+. The fourth-order valence-corrected chi connectivity index (χ4v) is 3.82. The molecule has 0 atom stereocenters. The molecule has 1 N–H and O–H groups in total. The summed E-state index contributed by atoms with van der Waals surface area (Å²) in [7, 11) is 0. The van der Waals surface area contributed by atoms with Crippen molar-refractivity contribution in [2.24, 2.45) is 0 Å². The minimum absolute atomic E-state index is 0.00691. The van der Waals surface area contributed by atoms with Crippen molar-refractivity contribution in [3.05, 3.63) is 28.7 Å². The maximum atomic E-state index is 12.1. The highest BCUT2D eigenvalue weighted by Gasteiger charge is 2.22. The van der Waals surface area contributed by atoms with Crippen LogP contribution in [0.25, 0.3) is 6.08 Å². The van der Waals surface area contributed by atoms with Crippen molar-refractivity contribution in [2.75, 3.05) is 26.3 Å².